The van der Waals surface area contributed by atoms with Gasteiger partial charge in [0.1, 0.15) is 18.2 Å². The zero-order chi connectivity index (χ0) is 45.0. The van der Waals surface area contributed by atoms with Crippen LogP contribution in [0.25, 0.3) is 0 Å². The van der Waals surface area contributed by atoms with Crippen LogP contribution >= 0.6 is 7.82 Å². The molecule has 1 aliphatic heterocycles. The molecule has 1 amide bonds. The Morgan fingerprint density at radius 1 is 0.590 bits per heavy atom. The molecule has 0 unspecified atom stereocenters. The fraction of sp³-hybridized carbons (Fsp3) is 0.958. The summed E-state index contributed by atoms with van der Waals surface area (Å²) >= 11 is 0. The van der Waals surface area contributed by atoms with Crippen LogP contribution in [-0.2, 0) is 28.2 Å². The Hall–Kier alpha value is -1.11. The Morgan fingerprint density at radius 3 is 1.34 bits per heavy atom. The first-order chi connectivity index (χ1) is 29.4. The van der Waals surface area contributed by atoms with E-state index in [0.29, 0.717) is 6.42 Å². The summed E-state index contributed by atoms with van der Waals surface area (Å²) in [5.41, 5.74) is 0. The monoisotopic (exact) mass is 892 g/mol. The summed E-state index contributed by atoms with van der Waals surface area (Å²) < 4.78 is 28.5. The number of aliphatic hydroxyl groups is 3. The van der Waals surface area contributed by atoms with Gasteiger partial charge in [-0.25, -0.2) is 4.57 Å². The molecule has 1 fully saturated rings. The molecular formula is C48H94NO11P. The molecule has 1 aliphatic rings. The largest absolute Gasteiger partial charge is 0.470 e. The van der Waals surface area contributed by atoms with Crippen LogP contribution in [0.2, 0.25) is 0 Å². The number of carbonyl (C=O) groups is 2. The average Bonchev–Trinajstić information content (AvgIpc) is 3.21. The van der Waals surface area contributed by atoms with Crippen molar-refractivity contribution in [2.75, 3.05) is 6.61 Å². The van der Waals surface area contributed by atoms with Gasteiger partial charge >= 0.3 is 13.8 Å². The van der Waals surface area contributed by atoms with E-state index in [1.807, 2.05) is 0 Å². The highest BCUT2D eigenvalue weighted by atomic mass is 31.2. The van der Waals surface area contributed by atoms with Crippen LogP contribution in [0.5, 0.6) is 0 Å². The smallest absolute Gasteiger partial charge is 0.457 e. The van der Waals surface area contributed by atoms with Crippen molar-refractivity contribution < 1.29 is 53.3 Å². The summed E-state index contributed by atoms with van der Waals surface area (Å²) in [7, 11) is -5.21. The normalized spacial score (nSPS) is 20.4. The van der Waals surface area contributed by atoms with Gasteiger partial charge in [-0.15, -0.1) is 0 Å². The molecule has 61 heavy (non-hydrogen) atoms. The third-order valence-electron chi connectivity index (χ3n) is 12.4. The number of hydrogen-bond acceptors (Lipinski definition) is 9. The number of unbranched alkanes of at least 4 members (excludes halogenated alkanes) is 27. The number of phosphoric acid groups is 1. The highest BCUT2D eigenvalue weighted by Crippen LogP contribution is 2.42. The number of aliphatic hydroxyl groups excluding tert-OH is 3. The Labute approximate surface area is 372 Å². The molecule has 362 valence electrons. The van der Waals surface area contributed by atoms with Crippen molar-refractivity contribution >= 4 is 19.7 Å². The summed E-state index contributed by atoms with van der Waals surface area (Å²) in [6, 6.07) is -1.47. The first-order valence-electron chi connectivity index (χ1n) is 25.3. The molecule has 0 saturated carbocycles. The minimum Gasteiger partial charge on any atom is -0.457 e. The Morgan fingerprint density at radius 2 is 0.967 bits per heavy atom. The van der Waals surface area contributed by atoms with Gasteiger partial charge in [-0.1, -0.05) is 213 Å². The second-order valence-electron chi connectivity index (χ2n) is 18.2. The molecule has 6 N–H and O–H groups in total. The zero-order valence-electron chi connectivity index (χ0n) is 39.1. The van der Waals surface area contributed by atoms with Crippen molar-refractivity contribution in [3.8, 4) is 0 Å². The molecule has 1 heterocycles. The minimum atomic E-state index is -5.21. The molecule has 0 aromatic rings. The molecule has 7 atom stereocenters. The van der Waals surface area contributed by atoms with Crippen molar-refractivity contribution in [3.63, 3.8) is 0 Å². The first-order valence-corrected chi connectivity index (χ1v) is 26.8. The summed E-state index contributed by atoms with van der Waals surface area (Å²) in [6.07, 6.45) is 30.2. The zero-order valence-corrected chi connectivity index (χ0v) is 40.0. The van der Waals surface area contributed by atoms with Gasteiger partial charge < -0.3 is 39.9 Å². The Balaban J connectivity index is 2.89. The van der Waals surface area contributed by atoms with Crippen LogP contribution in [0.15, 0.2) is 0 Å². The number of carbonyl (C=O) groups excluding carboxylic acids is 2. The lowest BCUT2D eigenvalue weighted by atomic mass is 9.91. The second-order valence-corrected chi connectivity index (χ2v) is 19.4. The molecular weight excluding hydrogens is 797 g/mol. The third-order valence-corrected chi connectivity index (χ3v) is 12.9. The lowest BCUT2D eigenvalue weighted by Crippen LogP contribution is -2.65. The molecule has 1 rings (SSSR count). The molecule has 0 radical (unpaired) electrons. The molecule has 0 aromatic heterocycles. The number of ether oxygens (including phenoxy) is 2. The van der Waals surface area contributed by atoms with Gasteiger partial charge in [0.05, 0.1) is 19.1 Å². The molecule has 0 aliphatic carbocycles. The lowest BCUT2D eigenvalue weighted by molar-refractivity contribution is -0.256. The number of nitrogens with one attached hydrogen (secondary N) is 1. The van der Waals surface area contributed by atoms with Crippen LogP contribution in [0.1, 0.15) is 245 Å². The topological polar surface area (TPSA) is 192 Å². The van der Waals surface area contributed by atoms with Crippen molar-refractivity contribution in [2.45, 2.75) is 282 Å². The quantitative estimate of drug-likeness (QED) is 0.0194. The highest BCUT2D eigenvalue weighted by Gasteiger charge is 2.51. The minimum absolute atomic E-state index is 0.0315. The Bertz CT molecular complexity index is 1090. The summed E-state index contributed by atoms with van der Waals surface area (Å²) in [6.45, 7) is 5.87. The maximum Gasteiger partial charge on any atom is 0.470 e. The maximum atomic E-state index is 13.8. The fourth-order valence-corrected chi connectivity index (χ4v) is 9.27. The van der Waals surface area contributed by atoms with E-state index in [4.69, 9.17) is 14.0 Å². The van der Waals surface area contributed by atoms with Crippen molar-refractivity contribution in [2.24, 2.45) is 5.92 Å². The van der Waals surface area contributed by atoms with Gasteiger partial charge in [-0.05, 0) is 25.2 Å². The van der Waals surface area contributed by atoms with Crippen molar-refractivity contribution in [1.82, 2.24) is 5.32 Å². The molecule has 13 heteroatoms. The van der Waals surface area contributed by atoms with Crippen LogP contribution < -0.4 is 5.32 Å². The molecule has 0 bridgehead atoms. The Kier molecular flexibility index (Phi) is 36.3. The van der Waals surface area contributed by atoms with Gasteiger partial charge in [0, 0.05) is 6.42 Å². The highest BCUT2D eigenvalue weighted by molar-refractivity contribution is 7.46. The van der Waals surface area contributed by atoms with E-state index in [1.165, 1.54) is 128 Å². The predicted octanol–water partition coefficient (Wildman–Crippen LogP) is 11.3. The van der Waals surface area contributed by atoms with Gasteiger partial charge in [-0.2, -0.15) is 0 Å². The van der Waals surface area contributed by atoms with E-state index in [2.05, 4.69) is 26.1 Å². The van der Waals surface area contributed by atoms with Gasteiger partial charge in [-0.3, -0.25) is 14.1 Å². The number of esters is 1. The molecule has 1 saturated heterocycles. The first kappa shape index (κ1) is 57.9. The summed E-state index contributed by atoms with van der Waals surface area (Å²) in [5.74, 6) is -1.26. The molecule has 0 aromatic carbocycles. The number of amides is 1. The standard InChI is InChI=1S/C48H94NO11P/c1-4-7-10-13-16-19-20-21-24-26-29-32-35-40(34-31-28-25-22-17-14-11-8-5-2)37-44(53)59-47-45(48(54)58-42(39-50)46(47)60-61(55,56)57)49-43(52)38-41(51)36-33-30-27-23-18-15-12-9-6-3/h40-42,45-48,50-51,54H,4-39H2,1-3H3,(H,49,52)(H2,55,56,57)/t40-,41+,42+,45-,46+,47+,48-/m0/s1. The summed E-state index contributed by atoms with van der Waals surface area (Å²) in [5, 5.41) is 34.3. The van der Waals surface area contributed by atoms with Crippen LogP contribution in [0.4, 0.5) is 0 Å². The number of rotatable bonds is 42. The van der Waals surface area contributed by atoms with Crippen molar-refractivity contribution in [1.29, 1.82) is 0 Å². The maximum absolute atomic E-state index is 13.8. The van der Waals surface area contributed by atoms with E-state index in [0.717, 1.165) is 77.0 Å². The van der Waals surface area contributed by atoms with Crippen LogP contribution in [-0.4, -0.2) is 80.3 Å². The average molecular weight is 892 g/mol. The lowest BCUT2D eigenvalue weighted by Gasteiger charge is -2.43. The predicted molar refractivity (Wildman–Crippen MR) is 245 cm³/mol. The van der Waals surface area contributed by atoms with Gasteiger partial charge in [0.25, 0.3) is 0 Å². The van der Waals surface area contributed by atoms with Crippen LogP contribution in [0, 0.1) is 5.92 Å². The number of phosphoric ester groups is 1. The van der Waals surface area contributed by atoms with Gasteiger partial charge in [0.2, 0.25) is 5.91 Å². The molecule has 0 spiro atoms. The SMILES string of the molecule is CCCCCCCCCCCCCC[C@H](CCCCCCCCCCC)CC(=O)O[C@@H]1[C@H](NC(=O)C[C@H](O)CCCCCCCCCCC)[C@@H](O)O[C@H](CO)[C@H]1OP(=O)(O)O. The van der Waals surface area contributed by atoms with Crippen LogP contribution in [0.3, 0.4) is 0 Å². The third kappa shape index (κ3) is 31.4. The van der Waals surface area contributed by atoms with Crippen molar-refractivity contribution in [3.05, 3.63) is 0 Å². The second kappa shape index (κ2) is 38.2. The van der Waals surface area contributed by atoms with E-state index in [1.54, 1.807) is 0 Å². The van der Waals surface area contributed by atoms with E-state index < -0.39 is 63.1 Å². The van der Waals surface area contributed by atoms with E-state index in [9.17, 15) is 39.3 Å². The summed E-state index contributed by atoms with van der Waals surface area (Å²) in [4.78, 5) is 46.6. The molecule has 12 nitrogen and oxygen atoms in total. The van der Waals surface area contributed by atoms with E-state index >= 15 is 0 Å². The van der Waals surface area contributed by atoms with Gasteiger partial charge in [0.15, 0.2) is 12.4 Å². The fourth-order valence-electron chi connectivity index (χ4n) is 8.70. The van der Waals surface area contributed by atoms with E-state index in [-0.39, 0.29) is 18.8 Å². The number of hydrogen-bond donors (Lipinski definition) is 6.